The van der Waals surface area contributed by atoms with Gasteiger partial charge in [0.2, 0.25) is 5.90 Å². The Morgan fingerprint density at radius 2 is 1.86 bits per heavy atom. The second kappa shape index (κ2) is 11.7. The number of aliphatic hydroxyl groups excluding tert-OH is 1. The van der Waals surface area contributed by atoms with Gasteiger partial charge in [0.1, 0.15) is 11.9 Å². The molecule has 9 heteroatoms. The first kappa shape index (κ1) is 26.7. The van der Waals surface area contributed by atoms with Gasteiger partial charge in [0.05, 0.1) is 17.3 Å². The van der Waals surface area contributed by atoms with Crippen molar-refractivity contribution in [3.63, 3.8) is 0 Å². The van der Waals surface area contributed by atoms with E-state index in [1.807, 2.05) is 13.8 Å². The monoisotopic (exact) mass is 502 g/mol. The molecule has 2 N–H and O–H groups in total. The van der Waals surface area contributed by atoms with Gasteiger partial charge in [0.15, 0.2) is 15.4 Å². The first-order valence-corrected chi connectivity index (χ1v) is 13.5. The van der Waals surface area contributed by atoms with Crippen molar-refractivity contribution in [3.8, 4) is 5.75 Å². The second-order valence-corrected chi connectivity index (χ2v) is 11.1. The van der Waals surface area contributed by atoms with Crippen molar-refractivity contribution in [2.45, 2.75) is 50.2 Å². The van der Waals surface area contributed by atoms with E-state index in [4.69, 9.17) is 19.6 Å². The molecule has 190 valence electrons. The summed E-state index contributed by atoms with van der Waals surface area (Å²) in [5.74, 6) is 0.568. The summed E-state index contributed by atoms with van der Waals surface area (Å²) in [5, 5.41) is 11.8. The maximum absolute atomic E-state index is 13.4. The molecule has 1 amide bonds. The van der Waals surface area contributed by atoms with Crippen LogP contribution in [0.2, 0.25) is 0 Å². The van der Waals surface area contributed by atoms with Crippen molar-refractivity contribution in [1.82, 2.24) is 5.32 Å². The van der Waals surface area contributed by atoms with Crippen LogP contribution in [0.1, 0.15) is 39.2 Å². The fourth-order valence-corrected chi connectivity index (χ4v) is 5.13. The lowest BCUT2D eigenvalue weighted by Crippen LogP contribution is -2.52. The molecule has 0 saturated heterocycles. The van der Waals surface area contributed by atoms with Crippen molar-refractivity contribution < 1.29 is 27.8 Å². The van der Waals surface area contributed by atoms with Crippen LogP contribution in [-0.4, -0.2) is 62.5 Å². The zero-order valence-electron chi connectivity index (χ0n) is 20.4. The molecule has 0 aromatic heterocycles. The van der Waals surface area contributed by atoms with E-state index in [0.717, 1.165) is 0 Å². The van der Waals surface area contributed by atoms with Crippen LogP contribution in [0.4, 0.5) is 0 Å². The van der Waals surface area contributed by atoms with Gasteiger partial charge < -0.3 is 19.9 Å². The number of nitrogens with zero attached hydrogens (tertiary/aromatic N) is 1. The van der Waals surface area contributed by atoms with E-state index in [1.54, 1.807) is 61.5 Å². The largest absolute Gasteiger partial charge is 0.494 e. The molecule has 2 aromatic rings. The van der Waals surface area contributed by atoms with E-state index in [-0.39, 0.29) is 41.4 Å². The minimum absolute atomic E-state index is 0.0127. The number of aliphatic imine (C=N–C) groups is 1. The number of hydrogen-bond acceptors (Lipinski definition) is 7. The summed E-state index contributed by atoms with van der Waals surface area (Å²) in [6.07, 6.45) is -0.132. The van der Waals surface area contributed by atoms with Gasteiger partial charge in [-0.15, -0.1) is 0 Å². The van der Waals surface area contributed by atoms with Crippen LogP contribution in [0.3, 0.4) is 0 Å². The van der Waals surface area contributed by atoms with Gasteiger partial charge in [-0.2, -0.15) is 0 Å². The molecule has 1 aliphatic rings. The van der Waals surface area contributed by atoms with Crippen molar-refractivity contribution >= 4 is 21.6 Å². The average Bonchev–Trinajstić information content (AvgIpc) is 3.19. The summed E-state index contributed by atoms with van der Waals surface area (Å²) in [4.78, 5) is 18.3. The van der Waals surface area contributed by atoms with Crippen molar-refractivity contribution in [1.29, 1.82) is 0 Å². The molecule has 35 heavy (non-hydrogen) atoms. The number of sulfone groups is 1. The van der Waals surface area contributed by atoms with Gasteiger partial charge in [-0.1, -0.05) is 32.0 Å². The third kappa shape index (κ3) is 6.61. The molecule has 0 spiro atoms. The number of nitrogens with one attached hydrogen (secondary N) is 1. The number of carbonyl (C=O) groups excluding carboxylic acids is 1. The highest BCUT2D eigenvalue weighted by Crippen LogP contribution is 2.33. The van der Waals surface area contributed by atoms with Crippen LogP contribution in [0, 0.1) is 5.92 Å². The zero-order chi connectivity index (χ0) is 25.5. The van der Waals surface area contributed by atoms with E-state index in [0.29, 0.717) is 30.9 Å². The Labute approximate surface area is 207 Å². The molecule has 0 unspecified atom stereocenters. The Morgan fingerprint density at radius 1 is 1.17 bits per heavy atom. The van der Waals surface area contributed by atoms with Gasteiger partial charge >= 0.3 is 0 Å². The van der Waals surface area contributed by atoms with Crippen LogP contribution >= 0.6 is 0 Å². The van der Waals surface area contributed by atoms with Crippen LogP contribution in [0.15, 0.2) is 64.5 Å². The first-order chi connectivity index (χ1) is 16.7. The quantitative estimate of drug-likeness (QED) is 0.431. The Balaban J connectivity index is 1.87. The van der Waals surface area contributed by atoms with Crippen LogP contribution in [-0.2, 0) is 19.4 Å². The standard InChI is InChI=1S/C26H34N2O6S/c1-19(2)18-27-25(30)26(14-17-35(31,32)23-8-5-4-6-9-23)20(3)34-24(28-26)21-10-12-22(13-11-21)33-16-7-15-29/h4-6,8-13,19-20,29H,7,14-18H2,1-3H3,(H,27,30)/t20-,26-/m1/s1. The van der Waals surface area contributed by atoms with Crippen molar-refractivity contribution in [2.75, 3.05) is 25.5 Å². The van der Waals surface area contributed by atoms with Crippen LogP contribution in [0.25, 0.3) is 0 Å². The van der Waals surface area contributed by atoms with E-state index in [1.165, 1.54) is 0 Å². The van der Waals surface area contributed by atoms with Gasteiger partial charge in [-0.05, 0) is 55.7 Å². The SMILES string of the molecule is CC(C)CNC(=O)[C@]1(CCS(=O)(=O)c2ccccc2)N=C(c2ccc(OCCCO)cc2)O[C@@H]1C. The predicted molar refractivity (Wildman–Crippen MR) is 134 cm³/mol. The topological polar surface area (TPSA) is 114 Å². The molecule has 2 aromatic carbocycles. The number of carbonyl (C=O) groups is 1. The molecule has 8 nitrogen and oxygen atoms in total. The lowest BCUT2D eigenvalue weighted by molar-refractivity contribution is -0.128. The highest BCUT2D eigenvalue weighted by molar-refractivity contribution is 7.91. The Bertz CT molecular complexity index is 1120. The normalized spacial score (nSPS) is 19.8. The molecule has 1 aliphatic heterocycles. The Kier molecular flexibility index (Phi) is 8.91. The first-order valence-electron chi connectivity index (χ1n) is 11.8. The molecule has 2 atom stereocenters. The number of aliphatic hydroxyl groups is 1. The molecular weight excluding hydrogens is 468 g/mol. The number of ether oxygens (including phenoxy) is 2. The predicted octanol–water partition coefficient (Wildman–Crippen LogP) is 2.99. The molecule has 0 aliphatic carbocycles. The lowest BCUT2D eigenvalue weighted by atomic mass is 9.90. The van der Waals surface area contributed by atoms with Gasteiger partial charge in [-0.3, -0.25) is 4.79 Å². The van der Waals surface area contributed by atoms with Crippen LogP contribution < -0.4 is 10.1 Å². The zero-order valence-corrected chi connectivity index (χ0v) is 21.3. The van der Waals surface area contributed by atoms with Gasteiger partial charge in [-0.25, -0.2) is 13.4 Å². The maximum Gasteiger partial charge on any atom is 0.251 e. The Morgan fingerprint density at radius 3 is 2.49 bits per heavy atom. The fourth-order valence-electron chi connectivity index (χ4n) is 3.74. The summed E-state index contributed by atoms with van der Waals surface area (Å²) in [5.41, 5.74) is -0.710. The molecule has 0 bridgehead atoms. The third-order valence-corrected chi connectivity index (χ3v) is 7.58. The average molecular weight is 503 g/mol. The minimum atomic E-state index is -3.61. The third-order valence-electron chi connectivity index (χ3n) is 5.85. The van der Waals surface area contributed by atoms with Crippen molar-refractivity contribution in [2.24, 2.45) is 10.9 Å². The molecule has 0 saturated carbocycles. The number of benzene rings is 2. The smallest absolute Gasteiger partial charge is 0.251 e. The molecule has 0 fully saturated rings. The number of rotatable bonds is 12. The summed E-state index contributed by atoms with van der Waals surface area (Å²) in [7, 11) is -3.61. The summed E-state index contributed by atoms with van der Waals surface area (Å²) >= 11 is 0. The van der Waals surface area contributed by atoms with E-state index in [9.17, 15) is 13.2 Å². The number of hydrogen-bond donors (Lipinski definition) is 2. The van der Waals surface area contributed by atoms with Crippen molar-refractivity contribution in [3.05, 3.63) is 60.2 Å². The summed E-state index contributed by atoms with van der Waals surface area (Å²) in [6, 6.07) is 15.3. The van der Waals surface area contributed by atoms with E-state index >= 15 is 0 Å². The molecular formula is C26H34N2O6S. The highest BCUT2D eigenvalue weighted by atomic mass is 32.2. The highest BCUT2D eigenvalue weighted by Gasteiger charge is 2.50. The van der Waals surface area contributed by atoms with E-state index < -0.39 is 21.5 Å². The van der Waals surface area contributed by atoms with Gasteiger partial charge in [0, 0.05) is 25.1 Å². The minimum Gasteiger partial charge on any atom is -0.494 e. The maximum atomic E-state index is 13.4. The number of amides is 1. The second-order valence-electron chi connectivity index (χ2n) is 9.04. The van der Waals surface area contributed by atoms with E-state index in [2.05, 4.69) is 5.32 Å². The fraction of sp³-hybridized carbons (Fsp3) is 0.462. The Hall–Kier alpha value is -2.91. The molecule has 0 radical (unpaired) electrons. The van der Waals surface area contributed by atoms with Gasteiger partial charge in [0.25, 0.3) is 5.91 Å². The summed E-state index contributed by atoms with van der Waals surface area (Å²) in [6.45, 7) is 6.62. The molecule has 1 heterocycles. The summed E-state index contributed by atoms with van der Waals surface area (Å²) < 4.78 is 37.5. The molecule has 3 rings (SSSR count). The van der Waals surface area contributed by atoms with Crippen LogP contribution in [0.5, 0.6) is 5.75 Å². The lowest BCUT2D eigenvalue weighted by Gasteiger charge is -2.28.